The zero-order valence-corrected chi connectivity index (χ0v) is 12.7. The Morgan fingerprint density at radius 2 is 2.00 bits per heavy atom. The summed E-state index contributed by atoms with van der Waals surface area (Å²) in [6, 6.07) is 3.96. The summed E-state index contributed by atoms with van der Waals surface area (Å²) in [5.41, 5.74) is 0.0853. The number of hydrogen-bond donors (Lipinski definition) is 0. The van der Waals surface area contributed by atoms with Crippen molar-refractivity contribution >= 4 is 23.2 Å². The second kappa shape index (κ2) is 6.87. The van der Waals surface area contributed by atoms with Crippen molar-refractivity contribution in [1.29, 1.82) is 0 Å². The zero-order valence-electron chi connectivity index (χ0n) is 11.9. The largest absolute Gasteiger partial charge is 0.336 e. The van der Waals surface area contributed by atoms with Crippen LogP contribution in [0.25, 0.3) is 0 Å². The number of nitrogens with zero attached hydrogens (tertiary/aromatic N) is 3. The normalized spacial score (nSPS) is 16.0. The lowest BCUT2D eigenvalue weighted by molar-refractivity contribution is -0.384. The fraction of sp³-hybridized carbons (Fsp3) is 0.500. The van der Waals surface area contributed by atoms with Gasteiger partial charge in [-0.05, 0) is 19.0 Å². The summed E-state index contributed by atoms with van der Waals surface area (Å²) in [5, 5.41) is 11.1. The molecule has 1 heterocycles. The predicted octanol–water partition coefficient (Wildman–Crippen LogP) is 2.42. The quantitative estimate of drug-likeness (QED) is 0.632. The van der Waals surface area contributed by atoms with Gasteiger partial charge >= 0.3 is 0 Å². The van der Waals surface area contributed by atoms with E-state index in [1.165, 1.54) is 18.2 Å². The van der Waals surface area contributed by atoms with E-state index in [0.717, 1.165) is 26.1 Å². The molecule has 1 saturated heterocycles. The molecule has 1 amide bonds. The molecule has 1 fully saturated rings. The molecule has 0 radical (unpaired) electrons. The second-order valence-electron chi connectivity index (χ2n) is 5.06. The lowest BCUT2D eigenvalue weighted by Crippen LogP contribution is -2.48. The van der Waals surface area contributed by atoms with Gasteiger partial charge < -0.3 is 4.90 Å². The van der Waals surface area contributed by atoms with Crippen molar-refractivity contribution in [3.8, 4) is 0 Å². The SMILES string of the molecule is CCCN1CCN(C(=O)c2cc([N+](=O)[O-])ccc2Cl)CC1. The first-order valence-electron chi connectivity index (χ1n) is 6.98. The van der Waals surface area contributed by atoms with Gasteiger partial charge in [-0.15, -0.1) is 0 Å². The molecule has 1 aliphatic heterocycles. The van der Waals surface area contributed by atoms with Crippen LogP contribution in [0.5, 0.6) is 0 Å². The molecule has 114 valence electrons. The molecule has 2 rings (SSSR count). The van der Waals surface area contributed by atoms with Crippen LogP contribution >= 0.6 is 11.6 Å². The third-order valence-corrected chi connectivity index (χ3v) is 3.92. The molecule has 6 nitrogen and oxygen atoms in total. The maximum absolute atomic E-state index is 12.5. The molecular formula is C14H18ClN3O3. The van der Waals surface area contributed by atoms with E-state index in [-0.39, 0.29) is 22.2 Å². The van der Waals surface area contributed by atoms with Crippen molar-refractivity contribution in [3.05, 3.63) is 38.9 Å². The van der Waals surface area contributed by atoms with Gasteiger partial charge in [0.15, 0.2) is 0 Å². The highest BCUT2D eigenvalue weighted by molar-refractivity contribution is 6.33. The van der Waals surface area contributed by atoms with Crippen molar-refractivity contribution in [2.45, 2.75) is 13.3 Å². The van der Waals surface area contributed by atoms with Crippen molar-refractivity contribution in [1.82, 2.24) is 9.80 Å². The lowest BCUT2D eigenvalue weighted by Gasteiger charge is -2.34. The summed E-state index contributed by atoms with van der Waals surface area (Å²) in [5.74, 6) is -0.236. The fourth-order valence-corrected chi connectivity index (χ4v) is 2.65. The molecule has 0 N–H and O–H groups in total. The van der Waals surface area contributed by atoms with Crippen LogP contribution in [-0.2, 0) is 0 Å². The number of carbonyl (C=O) groups is 1. The summed E-state index contributed by atoms with van der Waals surface area (Å²) >= 11 is 6.01. The first-order valence-corrected chi connectivity index (χ1v) is 7.36. The summed E-state index contributed by atoms with van der Waals surface area (Å²) in [4.78, 5) is 26.8. The van der Waals surface area contributed by atoms with Crippen LogP contribution in [-0.4, -0.2) is 53.4 Å². The number of carbonyl (C=O) groups excluding carboxylic acids is 1. The van der Waals surface area contributed by atoms with E-state index in [0.29, 0.717) is 13.1 Å². The standard InChI is InChI=1S/C14H18ClN3O3/c1-2-5-16-6-8-17(9-7-16)14(19)12-10-11(18(20)21)3-4-13(12)15/h3-4,10H,2,5-9H2,1H3. The van der Waals surface area contributed by atoms with Gasteiger partial charge in [-0.1, -0.05) is 18.5 Å². The third kappa shape index (κ3) is 3.71. The van der Waals surface area contributed by atoms with Crippen LogP contribution in [0.15, 0.2) is 18.2 Å². The number of halogens is 1. The highest BCUT2D eigenvalue weighted by atomic mass is 35.5. The molecule has 1 aliphatic rings. The van der Waals surface area contributed by atoms with Gasteiger partial charge in [0.1, 0.15) is 0 Å². The monoisotopic (exact) mass is 311 g/mol. The van der Waals surface area contributed by atoms with Crippen LogP contribution in [0, 0.1) is 10.1 Å². The van der Waals surface area contributed by atoms with E-state index in [9.17, 15) is 14.9 Å². The van der Waals surface area contributed by atoms with Crippen LogP contribution < -0.4 is 0 Å². The van der Waals surface area contributed by atoms with Gasteiger partial charge in [0.2, 0.25) is 0 Å². The number of rotatable bonds is 4. The van der Waals surface area contributed by atoms with E-state index in [4.69, 9.17) is 11.6 Å². The Kier molecular flexibility index (Phi) is 5.14. The average Bonchev–Trinajstić information content (AvgIpc) is 2.48. The molecule has 0 spiro atoms. The van der Waals surface area contributed by atoms with Gasteiger partial charge in [0.25, 0.3) is 11.6 Å². The molecule has 21 heavy (non-hydrogen) atoms. The van der Waals surface area contributed by atoms with Crippen molar-refractivity contribution in [2.75, 3.05) is 32.7 Å². The number of non-ortho nitro benzene ring substituents is 1. The van der Waals surface area contributed by atoms with E-state index in [1.54, 1.807) is 4.90 Å². The minimum atomic E-state index is -0.522. The van der Waals surface area contributed by atoms with Crippen LogP contribution in [0.4, 0.5) is 5.69 Å². The van der Waals surface area contributed by atoms with E-state index >= 15 is 0 Å². The van der Waals surface area contributed by atoms with Crippen molar-refractivity contribution < 1.29 is 9.72 Å². The Morgan fingerprint density at radius 1 is 1.33 bits per heavy atom. The summed E-state index contributed by atoms with van der Waals surface area (Å²) < 4.78 is 0. The Morgan fingerprint density at radius 3 is 2.57 bits per heavy atom. The molecule has 0 aliphatic carbocycles. The third-order valence-electron chi connectivity index (χ3n) is 3.59. The van der Waals surface area contributed by atoms with Gasteiger partial charge in [0, 0.05) is 38.3 Å². The highest BCUT2D eigenvalue weighted by Crippen LogP contribution is 2.23. The molecule has 0 bridgehead atoms. The first kappa shape index (κ1) is 15.7. The van der Waals surface area contributed by atoms with Crippen LogP contribution in [0.2, 0.25) is 5.02 Å². The average molecular weight is 312 g/mol. The smallest absolute Gasteiger partial charge is 0.270 e. The molecular weight excluding hydrogens is 294 g/mol. The fourth-order valence-electron chi connectivity index (χ4n) is 2.45. The number of nitro groups is 1. The number of amides is 1. The molecule has 1 aromatic carbocycles. The lowest BCUT2D eigenvalue weighted by atomic mass is 10.1. The molecule has 0 atom stereocenters. The Hall–Kier alpha value is -1.66. The summed E-state index contributed by atoms with van der Waals surface area (Å²) in [6.45, 7) is 6.05. The minimum Gasteiger partial charge on any atom is -0.336 e. The summed E-state index contributed by atoms with van der Waals surface area (Å²) in [6.07, 6.45) is 1.09. The topological polar surface area (TPSA) is 66.7 Å². The van der Waals surface area contributed by atoms with Gasteiger partial charge in [-0.25, -0.2) is 0 Å². The predicted molar refractivity (Wildman–Crippen MR) is 80.7 cm³/mol. The second-order valence-corrected chi connectivity index (χ2v) is 5.46. The summed E-state index contributed by atoms with van der Waals surface area (Å²) in [7, 11) is 0. The molecule has 0 unspecified atom stereocenters. The van der Waals surface area contributed by atoms with E-state index in [1.807, 2.05) is 0 Å². The van der Waals surface area contributed by atoms with Gasteiger partial charge in [0.05, 0.1) is 15.5 Å². The first-order chi connectivity index (χ1) is 10.0. The van der Waals surface area contributed by atoms with Crippen LogP contribution in [0.3, 0.4) is 0 Å². The number of hydrogen-bond acceptors (Lipinski definition) is 4. The maximum Gasteiger partial charge on any atom is 0.270 e. The van der Waals surface area contributed by atoms with Gasteiger partial charge in [-0.3, -0.25) is 19.8 Å². The molecule has 0 saturated carbocycles. The Balaban J connectivity index is 2.10. The number of nitro benzene ring substituents is 1. The van der Waals surface area contributed by atoms with Crippen molar-refractivity contribution in [2.24, 2.45) is 0 Å². The Labute approximate surface area is 128 Å². The molecule has 0 aromatic heterocycles. The minimum absolute atomic E-state index is 0.118. The highest BCUT2D eigenvalue weighted by Gasteiger charge is 2.24. The van der Waals surface area contributed by atoms with Gasteiger partial charge in [-0.2, -0.15) is 0 Å². The van der Waals surface area contributed by atoms with Crippen molar-refractivity contribution in [3.63, 3.8) is 0 Å². The van der Waals surface area contributed by atoms with Crippen LogP contribution in [0.1, 0.15) is 23.7 Å². The molecule has 1 aromatic rings. The number of piperazine rings is 1. The zero-order chi connectivity index (χ0) is 15.4. The molecule has 7 heteroatoms. The number of benzene rings is 1. The van der Waals surface area contributed by atoms with E-state index < -0.39 is 4.92 Å². The Bertz CT molecular complexity index is 542. The van der Waals surface area contributed by atoms with E-state index in [2.05, 4.69) is 11.8 Å². The maximum atomic E-state index is 12.5.